The molecule has 12 rings (SSSR count). The average molecular weight is 713 g/mol. The highest BCUT2D eigenvalue weighted by atomic mass is 15.2. The normalized spacial score (nSPS) is 13.4. The van der Waals surface area contributed by atoms with Crippen molar-refractivity contribution in [3.05, 3.63) is 205 Å². The second-order valence-electron chi connectivity index (χ2n) is 15.2. The monoisotopic (exact) mass is 712 g/mol. The summed E-state index contributed by atoms with van der Waals surface area (Å²) in [5, 5.41) is 10.2. The van der Waals surface area contributed by atoms with Crippen molar-refractivity contribution in [2.24, 2.45) is 0 Å². The summed E-state index contributed by atoms with van der Waals surface area (Å²) < 4.78 is 2.43. The summed E-state index contributed by atoms with van der Waals surface area (Å²) in [5.41, 5.74) is 14.9. The zero-order valence-electron chi connectivity index (χ0n) is 30.8. The molecule has 9 aromatic carbocycles. The highest BCUT2D eigenvalue weighted by molar-refractivity contribution is 6.24. The number of hydrogen-bond acceptors (Lipinski definition) is 1. The Bertz CT molecular complexity index is 3310. The van der Waals surface area contributed by atoms with E-state index in [9.17, 15) is 0 Å². The van der Waals surface area contributed by atoms with Gasteiger partial charge in [0.1, 0.15) is 0 Å². The van der Waals surface area contributed by atoms with Crippen LogP contribution in [0, 0.1) is 0 Å². The number of anilines is 2. The van der Waals surface area contributed by atoms with E-state index in [1.807, 2.05) is 0 Å². The Balaban J connectivity index is 1.09. The van der Waals surface area contributed by atoms with Gasteiger partial charge in [-0.15, -0.1) is 0 Å². The van der Waals surface area contributed by atoms with E-state index >= 15 is 0 Å². The highest BCUT2D eigenvalue weighted by Gasteiger charge is 2.28. The van der Waals surface area contributed by atoms with E-state index in [4.69, 9.17) is 0 Å². The molecule has 0 amide bonds. The van der Waals surface area contributed by atoms with Crippen LogP contribution in [0.15, 0.2) is 200 Å². The molecule has 0 fully saturated rings. The fourth-order valence-electron chi connectivity index (χ4n) is 9.62. The van der Waals surface area contributed by atoms with E-state index in [0.717, 1.165) is 24.2 Å². The molecule has 0 bridgehead atoms. The van der Waals surface area contributed by atoms with Gasteiger partial charge in [0.2, 0.25) is 0 Å². The molecule has 0 saturated carbocycles. The Morgan fingerprint density at radius 2 is 1.12 bits per heavy atom. The summed E-state index contributed by atoms with van der Waals surface area (Å²) in [6.07, 6.45) is 6.89. The number of hydrogen-bond donors (Lipinski definition) is 0. The van der Waals surface area contributed by atoms with Gasteiger partial charge in [-0.25, -0.2) is 0 Å². The van der Waals surface area contributed by atoms with Gasteiger partial charge in [0, 0.05) is 39.1 Å². The number of allylic oxidation sites excluding steroid dienone is 3. The van der Waals surface area contributed by atoms with Crippen LogP contribution in [-0.4, -0.2) is 4.57 Å². The van der Waals surface area contributed by atoms with Crippen LogP contribution in [0.2, 0.25) is 0 Å². The van der Waals surface area contributed by atoms with Gasteiger partial charge in [0.25, 0.3) is 0 Å². The number of fused-ring (bicyclic) bond motifs is 9. The van der Waals surface area contributed by atoms with Gasteiger partial charge in [-0.3, -0.25) is 0 Å². The third kappa shape index (κ3) is 4.63. The molecule has 2 heteroatoms. The molecular formula is C54H36N2. The lowest BCUT2D eigenvalue weighted by Gasteiger charge is -2.32. The second kappa shape index (κ2) is 12.2. The largest absolute Gasteiger partial charge is 0.310 e. The predicted molar refractivity (Wildman–Crippen MR) is 238 cm³/mol. The van der Waals surface area contributed by atoms with Crippen molar-refractivity contribution in [3.8, 4) is 27.9 Å². The molecule has 1 heterocycles. The molecule has 0 atom stereocenters. The molecule has 10 aromatic rings. The predicted octanol–water partition coefficient (Wildman–Crippen LogP) is 14.8. The van der Waals surface area contributed by atoms with Gasteiger partial charge >= 0.3 is 0 Å². The summed E-state index contributed by atoms with van der Waals surface area (Å²) in [6.45, 7) is 0. The van der Waals surface area contributed by atoms with Gasteiger partial charge in [-0.05, 0) is 128 Å². The molecule has 56 heavy (non-hydrogen) atoms. The molecule has 262 valence electrons. The van der Waals surface area contributed by atoms with Gasteiger partial charge in [-0.1, -0.05) is 140 Å². The smallest absolute Gasteiger partial charge is 0.0542 e. The van der Waals surface area contributed by atoms with Crippen molar-refractivity contribution in [3.63, 3.8) is 0 Å². The molecule has 0 N–H and O–H groups in total. The first kappa shape index (κ1) is 31.2. The van der Waals surface area contributed by atoms with Crippen LogP contribution in [0.5, 0.6) is 0 Å². The fourth-order valence-corrected chi connectivity index (χ4v) is 9.62. The Morgan fingerprint density at radius 3 is 2.04 bits per heavy atom. The summed E-state index contributed by atoms with van der Waals surface area (Å²) in [6, 6.07) is 67.4. The van der Waals surface area contributed by atoms with Crippen molar-refractivity contribution < 1.29 is 0 Å². The third-order valence-corrected chi connectivity index (χ3v) is 12.1. The minimum Gasteiger partial charge on any atom is -0.310 e. The van der Waals surface area contributed by atoms with Crippen LogP contribution in [0.4, 0.5) is 11.4 Å². The molecule has 0 saturated heterocycles. The zero-order valence-corrected chi connectivity index (χ0v) is 30.8. The van der Waals surface area contributed by atoms with E-state index in [1.165, 1.54) is 98.9 Å². The second-order valence-corrected chi connectivity index (χ2v) is 15.2. The molecule has 0 unspecified atom stereocenters. The van der Waals surface area contributed by atoms with Crippen LogP contribution in [0.1, 0.15) is 18.4 Å². The van der Waals surface area contributed by atoms with Crippen LogP contribution >= 0.6 is 0 Å². The lowest BCUT2D eigenvalue weighted by atomic mass is 9.93. The lowest BCUT2D eigenvalue weighted by Crippen LogP contribution is -2.19. The van der Waals surface area contributed by atoms with E-state index in [-0.39, 0.29) is 0 Å². The van der Waals surface area contributed by atoms with E-state index in [2.05, 4.69) is 204 Å². The Kier molecular flexibility index (Phi) is 6.79. The standard InChI is InChI=1S/C54H36N2/c1-2-14-36(15-3-1)43-19-8-10-23-50(43)55(41-27-29-47-48(33-41)46-22-12-18-39-31-38-17-6-7-20-44(38)54(47)53(39)46)42-28-30-52-49(34-42)45-21-9-11-24-51(45)56(52)40-26-25-35-13-4-5-16-37(35)32-40/h1-7,9,11-34H,8,10H2. The molecule has 2 nitrogen and oxygen atoms in total. The minimum atomic E-state index is 0.993. The number of benzene rings is 9. The van der Waals surface area contributed by atoms with Crippen molar-refractivity contribution in [1.82, 2.24) is 4.57 Å². The summed E-state index contributed by atoms with van der Waals surface area (Å²) in [5.74, 6) is 0. The number of aromatic nitrogens is 1. The van der Waals surface area contributed by atoms with Crippen LogP contribution in [0.3, 0.4) is 0 Å². The highest BCUT2D eigenvalue weighted by Crippen LogP contribution is 2.52. The van der Waals surface area contributed by atoms with Crippen molar-refractivity contribution >= 4 is 71.1 Å². The maximum Gasteiger partial charge on any atom is 0.0542 e. The molecule has 1 aromatic heterocycles. The maximum atomic E-state index is 2.51. The van der Waals surface area contributed by atoms with E-state index in [1.54, 1.807) is 0 Å². The maximum absolute atomic E-state index is 2.51. The Morgan fingerprint density at radius 1 is 0.411 bits per heavy atom. The first-order chi connectivity index (χ1) is 27.8. The quantitative estimate of drug-likeness (QED) is 0.161. The van der Waals surface area contributed by atoms with Gasteiger partial charge < -0.3 is 9.47 Å². The Labute approximate surface area is 325 Å². The van der Waals surface area contributed by atoms with Gasteiger partial charge in [0.15, 0.2) is 0 Å². The molecular weight excluding hydrogens is 677 g/mol. The molecule has 0 radical (unpaired) electrons. The SMILES string of the molecule is C1=C(c2ccccc2)C(N(c2ccc3c(c2)-c2cccc4cc5ccccc5c-3c24)c2ccc3c(c2)c2ccccc2n3-c2ccc3ccccc3c2)=CCC1. The number of nitrogens with zero attached hydrogens (tertiary/aromatic N) is 2. The first-order valence-corrected chi connectivity index (χ1v) is 19.7. The molecule has 0 aliphatic heterocycles. The lowest BCUT2D eigenvalue weighted by molar-refractivity contribution is 1.00. The van der Waals surface area contributed by atoms with Gasteiger partial charge in [-0.2, -0.15) is 0 Å². The first-order valence-electron chi connectivity index (χ1n) is 19.7. The molecule has 0 spiro atoms. The summed E-state index contributed by atoms with van der Waals surface area (Å²) in [4.78, 5) is 2.51. The van der Waals surface area contributed by atoms with Gasteiger partial charge in [0.05, 0.1) is 11.0 Å². The topological polar surface area (TPSA) is 8.17 Å². The number of rotatable bonds is 5. The zero-order chi connectivity index (χ0) is 36.7. The molecule has 2 aliphatic carbocycles. The van der Waals surface area contributed by atoms with Crippen molar-refractivity contribution in [2.45, 2.75) is 12.8 Å². The van der Waals surface area contributed by atoms with Crippen LogP contribution in [0.25, 0.3) is 87.6 Å². The van der Waals surface area contributed by atoms with Crippen LogP contribution < -0.4 is 4.90 Å². The average Bonchev–Trinajstić information content (AvgIpc) is 3.78. The summed E-state index contributed by atoms with van der Waals surface area (Å²) in [7, 11) is 0. The number of para-hydroxylation sites is 1. The van der Waals surface area contributed by atoms with E-state index in [0.29, 0.717) is 0 Å². The summed E-state index contributed by atoms with van der Waals surface area (Å²) >= 11 is 0. The van der Waals surface area contributed by atoms with Crippen LogP contribution in [-0.2, 0) is 0 Å². The Hall–Kier alpha value is -7.16. The molecule has 2 aliphatic rings. The van der Waals surface area contributed by atoms with Crippen molar-refractivity contribution in [1.29, 1.82) is 0 Å². The third-order valence-electron chi connectivity index (χ3n) is 12.1. The van der Waals surface area contributed by atoms with E-state index < -0.39 is 0 Å². The van der Waals surface area contributed by atoms with Crippen molar-refractivity contribution in [2.75, 3.05) is 4.90 Å². The fraction of sp³-hybridized carbons (Fsp3) is 0.0370. The minimum absolute atomic E-state index is 0.993.